The van der Waals surface area contributed by atoms with Crippen LogP contribution in [0.4, 0.5) is 11.4 Å². The fourth-order valence-corrected chi connectivity index (χ4v) is 2.39. The smallest absolute Gasteiger partial charge is 0.340 e. The second-order valence-electron chi connectivity index (χ2n) is 4.93. The molecule has 0 atom stereocenters. The summed E-state index contributed by atoms with van der Waals surface area (Å²) in [6.45, 7) is -0.445. The molecule has 2 aromatic rings. The number of esters is 1. The van der Waals surface area contributed by atoms with E-state index in [-0.39, 0.29) is 11.3 Å². The summed E-state index contributed by atoms with van der Waals surface area (Å²) < 4.78 is 16.0. The third-order valence-electron chi connectivity index (χ3n) is 3.24. The summed E-state index contributed by atoms with van der Waals surface area (Å²) in [5.41, 5.74) is 6.68. The highest BCUT2D eigenvalue weighted by Crippen LogP contribution is 2.29. The van der Waals surface area contributed by atoms with Gasteiger partial charge < -0.3 is 25.3 Å². The van der Waals surface area contributed by atoms with Gasteiger partial charge >= 0.3 is 5.97 Å². The number of anilines is 2. The van der Waals surface area contributed by atoms with E-state index in [1.165, 1.54) is 20.3 Å². The Kier molecular flexibility index (Phi) is 6.24. The molecule has 8 heteroatoms. The van der Waals surface area contributed by atoms with Crippen LogP contribution in [-0.2, 0) is 9.53 Å². The van der Waals surface area contributed by atoms with Gasteiger partial charge in [-0.2, -0.15) is 0 Å². The summed E-state index contributed by atoms with van der Waals surface area (Å²) in [5.74, 6) is -0.160. The zero-order valence-electron chi connectivity index (χ0n) is 13.7. The molecule has 7 nitrogen and oxygen atoms in total. The molecule has 0 saturated heterocycles. The third kappa shape index (κ3) is 4.87. The predicted octanol–water partition coefficient (Wildman–Crippen LogP) is 2.84. The molecular formula is C17H17BrN2O5. The van der Waals surface area contributed by atoms with Gasteiger partial charge in [0.25, 0.3) is 5.91 Å². The van der Waals surface area contributed by atoms with Crippen LogP contribution in [0.2, 0.25) is 0 Å². The van der Waals surface area contributed by atoms with Gasteiger partial charge in [-0.15, -0.1) is 0 Å². The van der Waals surface area contributed by atoms with Crippen LogP contribution in [0, 0.1) is 0 Å². The molecule has 3 N–H and O–H groups in total. The number of hydrogen-bond donors (Lipinski definition) is 2. The van der Waals surface area contributed by atoms with Crippen molar-refractivity contribution >= 4 is 39.2 Å². The summed E-state index contributed by atoms with van der Waals surface area (Å²) in [6, 6.07) is 9.71. The first-order valence-corrected chi connectivity index (χ1v) is 7.98. The van der Waals surface area contributed by atoms with E-state index >= 15 is 0 Å². The maximum Gasteiger partial charge on any atom is 0.340 e. The van der Waals surface area contributed by atoms with E-state index in [0.29, 0.717) is 21.7 Å². The van der Waals surface area contributed by atoms with E-state index in [0.717, 1.165) is 0 Å². The molecule has 0 aliphatic carbocycles. The average Bonchev–Trinajstić information content (AvgIpc) is 2.61. The Bertz CT molecular complexity index is 795. The highest BCUT2D eigenvalue weighted by atomic mass is 79.9. The van der Waals surface area contributed by atoms with Crippen molar-refractivity contribution in [1.29, 1.82) is 0 Å². The Morgan fingerprint density at radius 1 is 1.08 bits per heavy atom. The van der Waals surface area contributed by atoms with Crippen LogP contribution in [-0.4, -0.2) is 32.7 Å². The number of amides is 1. The van der Waals surface area contributed by atoms with Crippen molar-refractivity contribution in [3.05, 3.63) is 46.4 Å². The lowest BCUT2D eigenvalue weighted by atomic mass is 10.2. The normalized spacial score (nSPS) is 10.0. The number of methoxy groups -OCH3 is 2. The summed E-state index contributed by atoms with van der Waals surface area (Å²) in [5, 5.41) is 2.61. The molecule has 0 fully saturated rings. The lowest BCUT2D eigenvalue weighted by molar-refractivity contribution is -0.119. The van der Waals surface area contributed by atoms with Gasteiger partial charge in [0.2, 0.25) is 0 Å². The predicted molar refractivity (Wildman–Crippen MR) is 97.0 cm³/mol. The largest absolute Gasteiger partial charge is 0.493 e. The van der Waals surface area contributed by atoms with Gasteiger partial charge in [-0.1, -0.05) is 15.9 Å². The van der Waals surface area contributed by atoms with E-state index in [4.69, 9.17) is 19.9 Å². The number of nitrogens with one attached hydrogen (secondary N) is 1. The third-order valence-corrected chi connectivity index (χ3v) is 3.73. The van der Waals surface area contributed by atoms with Crippen molar-refractivity contribution in [1.82, 2.24) is 0 Å². The van der Waals surface area contributed by atoms with Gasteiger partial charge in [0, 0.05) is 21.9 Å². The minimum atomic E-state index is -0.679. The molecule has 2 rings (SSSR count). The van der Waals surface area contributed by atoms with E-state index in [2.05, 4.69) is 21.2 Å². The molecule has 0 saturated carbocycles. The van der Waals surface area contributed by atoms with Crippen molar-refractivity contribution in [3.63, 3.8) is 0 Å². The van der Waals surface area contributed by atoms with Crippen LogP contribution in [0.15, 0.2) is 40.9 Å². The molecule has 0 aliphatic rings. The molecule has 0 unspecified atom stereocenters. The SMILES string of the molecule is COc1ccc(NC(=O)COC(=O)c2cc(Br)ccc2N)cc1OC. The first-order valence-electron chi connectivity index (χ1n) is 7.18. The van der Waals surface area contributed by atoms with E-state index in [1.54, 1.807) is 30.3 Å². The molecule has 0 spiro atoms. The van der Waals surface area contributed by atoms with Crippen LogP contribution in [0.1, 0.15) is 10.4 Å². The molecule has 132 valence electrons. The van der Waals surface area contributed by atoms with E-state index in [9.17, 15) is 9.59 Å². The molecule has 25 heavy (non-hydrogen) atoms. The zero-order valence-corrected chi connectivity index (χ0v) is 15.3. The van der Waals surface area contributed by atoms with Crippen molar-refractivity contribution in [2.75, 3.05) is 31.9 Å². The molecule has 0 radical (unpaired) electrons. The van der Waals surface area contributed by atoms with Crippen LogP contribution >= 0.6 is 15.9 Å². The lowest BCUT2D eigenvalue weighted by Gasteiger charge is -2.11. The van der Waals surface area contributed by atoms with Crippen LogP contribution in [0.25, 0.3) is 0 Å². The molecule has 0 aromatic heterocycles. The fourth-order valence-electron chi connectivity index (χ4n) is 2.03. The standard InChI is InChI=1S/C17H17BrN2O5/c1-23-14-6-4-11(8-15(14)24-2)20-16(21)9-25-17(22)12-7-10(18)3-5-13(12)19/h3-8H,9,19H2,1-2H3,(H,20,21). The van der Waals surface area contributed by atoms with E-state index in [1.807, 2.05) is 0 Å². The Morgan fingerprint density at radius 3 is 2.48 bits per heavy atom. The number of carbonyl (C=O) groups is 2. The van der Waals surface area contributed by atoms with Gasteiger partial charge in [-0.05, 0) is 30.3 Å². The first kappa shape index (κ1) is 18.6. The van der Waals surface area contributed by atoms with Crippen molar-refractivity contribution in [2.24, 2.45) is 0 Å². The average molecular weight is 409 g/mol. The lowest BCUT2D eigenvalue weighted by Crippen LogP contribution is -2.21. The first-order chi connectivity index (χ1) is 11.9. The second kappa shape index (κ2) is 8.39. The Labute approximate surface area is 153 Å². The number of nitrogen functional groups attached to an aromatic ring is 1. The number of nitrogens with two attached hydrogens (primary N) is 1. The van der Waals surface area contributed by atoms with Crippen LogP contribution in [0.3, 0.4) is 0 Å². The number of halogens is 1. The minimum Gasteiger partial charge on any atom is -0.493 e. The van der Waals surface area contributed by atoms with Gasteiger partial charge in [0.15, 0.2) is 18.1 Å². The molecule has 0 heterocycles. The summed E-state index contributed by atoms with van der Waals surface area (Å²) >= 11 is 3.25. The topological polar surface area (TPSA) is 99.9 Å². The van der Waals surface area contributed by atoms with Crippen molar-refractivity contribution in [3.8, 4) is 11.5 Å². The summed E-state index contributed by atoms with van der Waals surface area (Å²) in [7, 11) is 3.01. The highest BCUT2D eigenvalue weighted by molar-refractivity contribution is 9.10. The van der Waals surface area contributed by atoms with Gasteiger partial charge in [0.05, 0.1) is 19.8 Å². The summed E-state index contributed by atoms with van der Waals surface area (Å²) in [6.07, 6.45) is 0. The Balaban J connectivity index is 1.96. The van der Waals surface area contributed by atoms with Crippen molar-refractivity contribution in [2.45, 2.75) is 0 Å². The molecule has 0 aliphatic heterocycles. The molecule has 0 bridgehead atoms. The Hall–Kier alpha value is -2.74. The maximum absolute atomic E-state index is 12.0. The maximum atomic E-state index is 12.0. The van der Waals surface area contributed by atoms with Crippen LogP contribution in [0.5, 0.6) is 11.5 Å². The Morgan fingerprint density at radius 2 is 1.80 bits per heavy atom. The van der Waals surface area contributed by atoms with Gasteiger partial charge in [-0.3, -0.25) is 4.79 Å². The number of benzene rings is 2. The minimum absolute atomic E-state index is 0.188. The molecule has 2 aromatic carbocycles. The number of carbonyl (C=O) groups excluding carboxylic acids is 2. The highest BCUT2D eigenvalue weighted by Gasteiger charge is 2.14. The molecular weight excluding hydrogens is 392 g/mol. The number of rotatable bonds is 6. The zero-order chi connectivity index (χ0) is 18.4. The fraction of sp³-hybridized carbons (Fsp3) is 0.176. The monoisotopic (exact) mass is 408 g/mol. The van der Waals surface area contributed by atoms with Crippen LogP contribution < -0.4 is 20.5 Å². The second-order valence-corrected chi connectivity index (χ2v) is 5.84. The quantitative estimate of drug-likeness (QED) is 0.562. The van der Waals surface area contributed by atoms with Gasteiger partial charge in [-0.25, -0.2) is 4.79 Å². The number of ether oxygens (including phenoxy) is 3. The molecule has 1 amide bonds. The summed E-state index contributed by atoms with van der Waals surface area (Å²) in [4.78, 5) is 24.0. The van der Waals surface area contributed by atoms with Crippen molar-refractivity contribution < 1.29 is 23.8 Å². The van der Waals surface area contributed by atoms with Gasteiger partial charge in [0.1, 0.15) is 0 Å². The number of hydrogen-bond acceptors (Lipinski definition) is 6. The van der Waals surface area contributed by atoms with E-state index < -0.39 is 18.5 Å².